The molecule has 1 aromatic heterocycles. The molecule has 0 spiro atoms. The van der Waals surface area contributed by atoms with E-state index in [1.165, 1.54) is 5.56 Å². The van der Waals surface area contributed by atoms with E-state index in [1.807, 2.05) is 37.3 Å². The maximum absolute atomic E-state index is 12.1. The Hall–Kier alpha value is -2.16. The van der Waals surface area contributed by atoms with E-state index in [0.29, 0.717) is 6.61 Å². The second-order valence-electron chi connectivity index (χ2n) is 4.61. The Labute approximate surface area is 119 Å². The van der Waals surface area contributed by atoms with Crippen molar-refractivity contribution in [3.63, 3.8) is 0 Å². The molecular weight excluding hydrogens is 250 g/mol. The fraction of sp³-hybridized carbons (Fsp3) is 0.294. The van der Waals surface area contributed by atoms with E-state index < -0.39 is 0 Å². The highest BCUT2D eigenvalue weighted by Gasteiger charge is 2.21. The van der Waals surface area contributed by atoms with Gasteiger partial charge in [-0.25, -0.2) is 0 Å². The Morgan fingerprint density at radius 2 is 1.85 bits per heavy atom. The largest absolute Gasteiger partial charge is 0.466 e. The fourth-order valence-corrected chi connectivity index (χ4v) is 2.21. The normalized spacial score (nSPS) is 11.8. The van der Waals surface area contributed by atoms with Gasteiger partial charge in [-0.3, -0.25) is 9.78 Å². The molecule has 3 heteroatoms. The Balaban J connectivity index is 2.09. The second kappa shape index (κ2) is 7.43. The van der Waals surface area contributed by atoms with Gasteiger partial charge < -0.3 is 4.74 Å². The van der Waals surface area contributed by atoms with Crippen LogP contribution in [0.4, 0.5) is 0 Å². The van der Waals surface area contributed by atoms with Crippen LogP contribution in [0.2, 0.25) is 0 Å². The van der Waals surface area contributed by atoms with Crippen LogP contribution >= 0.6 is 0 Å². The molecule has 0 aliphatic carbocycles. The number of hydrogen-bond acceptors (Lipinski definition) is 3. The summed E-state index contributed by atoms with van der Waals surface area (Å²) in [6, 6.07) is 13.9. The summed E-state index contributed by atoms with van der Waals surface area (Å²) >= 11 is 0. The number of rotatable bonds is 6. The maximum Gasteiger partial charge on any atom is 0.313 e. The molecule has 0 unspecified atom stereocenters. The average molecular weight is 269 g/mol. The number of nitrogens with zero attached hydrogens (tertiary/aromatic N) is 1. The van der Waals surface area contributed by atoms with Crippen LogP contribution in [0.25, 0.3) is 0 Å². The van der Waals surface area contributed by atoms with Crippen molar-refractivity contribution in [2.45, 2.75) is 25.7 Å². The minimum absolute atomic E-state index is 0.158. The molecule has 2 rings (SSSR count). The standard InChI is InChI=1S/C17H19NO2/c1-2-20-17(19)16(15-10-12-18-13-11-15)9-8-14-6-4-3-5-7-14/h3-7,10-13,16H,2,8-9H2,1H3/t16-/m0/s1. The summed E-state index contributed by atoms with van der Waals surface area (Å²) in [7, 11) is 0. The van der Waals surface area contributed by atoms with Crippen LogP contribution in [0.5, 0.6) is 0 Å². The van der Waals surface area contributed by atoms with Gasteiger partial charge in [-0.05, 0) is 43.0 Å². The molecule has 104 valence electrons. The number of benzene rings is 1. The lowest BCUT2D eigenvalue weighted by molar-refractivity contribution is -0.145. The van der Waals surface area contributed by atoms with Crippen LogP contribution < -0.4 is 0 Å². The molecule has 0 bridgehead atoms. The van der Waals surface area contributed by atoms with E-state index in [0.717, 1.165) is 18.4 Å². The first-order valence-electron chi connectivity index (χ1n) is 6.91. The van der Waals surface area contributed by atoms with E-state index in [-0.39, 0.29) is 11.9 Å². The van der Waals surface area contributed by atoms with Crippen LogP contribution in [-0.4, -0.2) is 17.6 Å². The van der Waals surface area contributed by atoms with Crippen molar-refractivity contribution in [1.82, 2.24) is 4.98 Å². The molecule has 2 aromatic rings. The van der Waals surface area contributed by atoms with Gasteiger partial charge in [-0.2, -0.15) is 0 Å². The van der Waals surface area contributed by atoms with E-state index in [1.54, 1.807) is 12.4 Å². The number of ether oxygens (including phenoxy) is 1. The van der Waals surface area contributed by atoms with Crippen molar-refractivity contribution in [3.05, 3.63) is 66.0 Å². The van der Waals surface area contributed by atoms with Crippen molar-refractivity contribution < 1.29 is 9.53 Å². The molecule has 0 aliphatic rings. The zero-order chi connectivity index (χ0) is 14.2. The lowest BCUT2D eigenvalue weighted by Crippen LogP contribution is -2.17. The number of hydrogen-bond donors (Lipinski definition) is 0. The summed E-state index contributed by atoms with van der Waals surface area (Å²) < 4.78 is 5.19. The SMILES string of the molecule is CCOC(=O)[C@@H](CCc1ccccc1)c1ccncc1. The topological polar surface area (TPSA) is 39.2 Å². The van der Waals surface area contributed by atoms with Crippen molar-refractivity contribution in [2.75, 3.05) is 6.61 Å². The van der Waals surface area contributed by atoms with E-state index in [9.17, 15) is 4.79 Å². The van der Waals surface area contributed by atoms with Crippen LogP contribution in [0.15, 0.2) is 54.9 Å². The van der Waals surface area contributed by atoms with Crippen LogP contribution in [0, 0.1) is 0 Å². The predicted octanol–water partition coefficient (Wildman–Crippen LogP) is 3.36. The van der Waals surface area contributed by atoms with Gasteiger partial charge in [0.2, 0.25) is 0 Å². The quantitative estimate of drug-likeness (QED) is 0.755. The number of aryl methyl sites for hydroxylation is 1. The lowest BCUT2D eigenvalue weighted by atomic mass is 9.93. The van der Waals surface area contributed by atoms with Gasteiger partial charge in [0.15, 0.2) is 0 Å². The molecule has 0 saturated heterocycles. The third kappa shape index (κ3) is 3.92. The van der Waals surface area contributed by atoms with E-state index in [4.69, 9.17) is 4.74 Å². The molecule has 3 nitrogen and oxygen atoms in total. The number of carbonyl (C=O) groups excluding carboxylic acids is 1. The zero-order valence-corrected chi connectivity index (χ0v) is 11.7. The monoisotopic (exact) mass is 269 g/mol. The molecular formula is C17H19NO2. The molecule has 1 heterocycles. The molecule has 0 N–H and O–H groups in total. The number of aromatic nitrogens is 1. The molecule has 0 saturated carbocycles. The number of pyridine rings is 1. The Kier molecular flexibility index (Phi) is 5.30. The highest BCUT2D eigenvalue weighted by atomic mass is 16.5. The lowest BCUT2D eigenvalue weighted by Gasteiger charge is -2.15. The summed E-state index contributed by atoms with van der Waals surface area (Å²) in [5, 5.41) is 0. The third-order valence-electron chi connectivity index (χ3n) is 3.24. The first kappa shape index (κ1) is 14.3. The molecule has 0 fully saturated rings. The molecule has 1 atom stereocenters. The molecule has 0 radical (unpaired) electrons. The highest BCUT2D eigenvalue weighted by Crippen LogP contribution is 2.23. The fourth-order valence-electron chi connectivity index (χ4n) is 2.21. The van der Waals surface area contributed by atoms with Crippen molar-refractivity contribution >= 4 is 5.97 Å². The third-order valence-corrected chi connectivity index (χ3v) is 3.24. The average Bonchev–Trinajstić information content (AvgIpc) is 2.50. The van der Waals surface area contributed by atoms with Gasteiger partial charge >= 0.3 is 5.97 Å². The molecule has 20 heavy (non-hydrogen) atoms. The zero-order valence-electron chi connectivity index (χ0n) is 11.7. The first-order valence-corrected chi connectivity index (χ1v) is 6.91. The summed E-state index contributed by atoms with van der Waals surface area (Å²) in [5.74, 6) is -0.382. The van der Waals surface area contributed by atoms with Gasteiger partial charge in [0.05, 0.1) is 12.5 Å². The Morgan fingerprint density at radius 1 is 1.15 bits per heavy atom. The maximum atomic E-state index is 12.1. The first-order chi connectivity index (χ1) is 9.81. The Bertz CT molecular complexity index is 525. The van der Waals surface area contributed by atoms with Gasteiger partial charge in [-0.15, -0.1) is 0 Å². The number of esters is 1. The highest BCUT2D eigenvalue weighted by molar-refractivity contribution is 5.78. The molecule has 1 aromatic carbocycles. The van der Waals surface area contributed by atoms with Gasteiger partial charge in [0.1, 0.15) is 0 Å². The van der Waals surface area contributed by atoms with Crippen molar-refractivity contribution in [2.24, 2.45) is 0 Å². The van der Waals surface area contributed by atoms with Crippen LogP contribution in [0.1, 0.15) is 30.4 Å². The van der Waals surface area contributed by atoms with Crippen LogP contribution in [-0.2, 0) is 16.0 Å². The summed E-state index contributed by atoms with van der Waals surface area (Å²) in [6.07, 6.45) is 5.02. The summed E-state index contributed by atoms with van der Waals surface area (Å²) in [4.78, 5) is 16.1. The summed E-state index contributed by atoms with van der Waals surface area (Å²) in [6.45, 7) is 2.24. The minimum atomic E-state index is -0.224. The predicted molar refractivity (Wildman–Crippen MR) is 78.4 cm³/mol. The Morgan fingerprint density at radius 3 is 2.50 bits per heavy atom. The van der Waals surface area contributed by atoms with Gasteiger partial charge in [-0.1, -0.05) is 30.3 Å². The van der Waals surface area contributed by atoms with Gasteiger partial charge in [0, 0.05) is 12.4 Å². The van der Waals surface area contributed by atoms with Crippen molar-refractivity contribution in [3.8, 4) is 0 Å². The molecule has 0 amide bonds. The number of carbonyl (C=O) groups is 1. The molecule has 0 aliphatic heterocycles. The van der Waals surface area contributed by atoms with Crippen LogP contribution in [0.3, 0.4) is 0 Å². The van der Waals surface area contributed by atoms with Gasteiger partial charge in [0.25, 0.3) is 0 Å². The van der Waals surface area contributed by atoms with Crippen molar-refractivity contribution in [1.29, 1.82) is 0 Å². The second-order valence-corrected chi connectivity index (χ2v) is 4.61. The summed E-state index contributed by atoms with van der Waals surface area (Å²) in [5.41, 5.74) is 2.20. The minimum Gasteiger partial charge on any atom is -0.466 e. The van der Waals surface area contributed by atoms with E-state index in [2.05, 4.69) is 17.1 Å². The van der Waals surface area contributed by atoms with E-state index >= 15 is 0 Å². The smallest absolute Gasteiger partial charge is 0.313 e.